The van der Waals surface area contributed by atoms with Gasteiger partial charge in [-0.15, -0.1) is 23.5 Å². The first-order chi connectivity index (χ1) is 10.9. The lowest BCUT2D eigenvalue weighted by Gasteiger charge is -2.34. The van der Waals surface area contributed by atoms with Crippen molar-refractivity contribution in [1.29, 1.82) is 0 Å². The lowest BCUT2D eigenvalue weighted by atomic mass is 10.00. The molecule has 1 fully saturated rings. The van der Waals surface area contributed by atoms with E-state index in [1.165, 1.54) is 34.2 Å². The van der Waals surface area contributed by atoms with Gasteiger partial charge in [-0.3, -0.25) is 0 Å². The van der Waals surface area contributed by atoms with Crippen LogP contribution in [0.25, 0.3) is 0 Å². The fourth-order valence-electron chi connectivity index (χ4n) is 2.91. The maximum absolute atomic E-state index is 5.71. The van der Waals surface area contributed by atoms with Crippen LogP contribution in [-0.4, -0.2) is 23.7 Å². The summed E-state index contributed by atoms with van der Waals surface area (Å²) in [7, 11) is 0. The van der Waals surface area contributed by atoms with Gasteiger partial charge >= 0.3 is 0 Å². The average Bonchev–Trinajstić information content (AvgIpc) is 3.15. The molecule has 5 rings (SSSR count). The molecule has 4 aliphatic heterocycles. The molecule has 4 heterocycles. The van der Waals surface area contributed by atoms with Gasteiger partial charge in [0, 0.05) is 10.5 Å². The van der Waals surface area contributed by atoms with Gasteiger partial charge in [0.2, 0.25) is 10.2 Å². The molecular weight excluding hydrogens is 393 g/mol. The van der Waals surface area contributed by atoms with E-state index in [0.717, 1.165) is 20.7 Å². The Hall–Kier alpha value is 0.920. The maximum Gasteiger partial charge on any atom is 0.208 e. The van der Waals surface area contributed by atoms with Crippen LogP contribution in [0.2, 0.25) is 0 Å². The molecule has 8 heteroatoms. The van der Waals surface area contributed by atoms with Crippen LogP contribution >= 0.6 is 70.6 Å². The van der Waals surface area contributed by atoms with E-state index < -0.39 is 0 Å². The quantitative estimate of drug-likeness (QED) is 0.470. The Labute approximate surface area is 155 Å². The predicted octanol–water partition coefficient (Wildman–Crippen LogP) is 6.16. The van der Waals surface area contributed by atoms with E-state index in [9.17, 15) is 0 Å². The minimum Gasteiger partial charge on any atom is -0.480 e. The van der Waals surface area contributed by atoms with Crippen LogP contribution < -0.4 is 0 Å². The Balaban J connectivity index is 1.34. The lowest BCUT2D eigenvalue weighted by molar-refractivity contribution is 0.0949. The van der Waals surface area contributed by atoms with Crippen LogP contribution in [0.4, 0.5) is 0 Å². The number of fused-ring (bicyclic) bond motifs is 1. The molecule has 2 unspecified atom stereocenters. The highest BCUT2D eigenvalue weighted by Gasteiger charge is 2.39. The van der Waals surface area contributed by atoms with Gasteiger partial charge < -0.3 is 9.47 Å². The average molecular weight is 407 g/mol. The van der Waals surface area contributed by atoms with Crippen LogP contribution in [0.5, 0.6) is 0 Å². The molecule has 1 aliphatic carbocycles. The molecule has 118 valence electrons. The number of rotatable bonds is 0. The van der Waals surface area contributed by atoms with Gasteiger partial charge in [-0.2, -0.15) is 0 Å². The second-order valence-electron chi connectivity index (χ2n) is 5.43. The Morgan fingerprint density at radius 2 is 1.14 bits per heavy atom. The molecule has 0 N–H and O–H groups in total. The topological polar surface area (TPSA) is 18.5 Å². The number of hydrogen-bond donors (Lipinski definition) is 0. The third-order valence-electron chi connectivity index (χ3n) is 3.95. The highest BCUT2D eigenvalue weighted by Crippen LogP contribution is 2.67. The summed E-state index contributed by atoms with van der Waals surface area (Å²) < 4.78 is 17.3. The van der Waals surface area contributed by atoms with Gasteiger partial charge in [0.05, 0.1) is 16.9 Å². The molecule has 0 saturated heterocycles. The Bertz CT molecular complexity index is 562. The molecule has 1 saturated carbocycles. The van der Waals surface area contributed by atoms with E-state index in [-0.39, 0.29) is 0 Å². The third-order valence-corrected chi connectivity index (χ3v) is 13.2. The van der Waals surface area contributed by atoms with Crippen molar-refractivity contribution in [2.75, 3.05) is 13.2 Å². The summed E-state index contributed by atoms with van der Waals surface area (Å²) >= 11 is 11.8. The molecular formula is C14H14O2S6. The van der Waals surface area contributed by atoms with Gasteiger partial charge in [0.1, 0.15) is 13.2 Å². The minimum atomic E-state index is 0.680. The summed E-state index contributed by atoms with van der Waals surface area (Å²) in [6.45, 7) is 1.36. The van der Waals surface area contributed by atoms with Crippen LogP contribution in [-0.2, 0) is 9.47 Å². The summed E-state index contributed by atoms with van der Waals surface area (Å²) in [6.07, 6.45) is 5.63. The van der Waals surface area contributed by atoms with E-state index in [0.29, 0.717) is 13.2 Å². The van der Waals surface area contributed by atoms with Crippen molar-refractivity contribution >= 4 is 70.6 Å². The molecule has 0 radical (unpaired) electrons. The molecule has 22 heavy (non-hydrogen) atoms. The first kappa shape index (κ1) is 15.2. The van der Waals surface area contributed by atoms with Crippen molar-refractivity contribution in [1.82, 2.24) is 0 Å². The van der Waals surface area contributed by atoms with Crippen LogP contribution in [0.1, 0.15) is 25.7 Å². The highest BCUT2D eigenvalue weighted by molar-refractivity contribution is 8.43. The molecule has 2 nitrogen and oxygen atoms in total. The molecule has 0 aromatic rings. The summed E-state index contributed by atoms with van der Waals surface area (Å²) in [5.74, 6) is 0. The number of ether oxygens (including phenoxy) is 2. The van der Waals surface area contributed by atoms with Crippen molar-refractivity contribution < 1.29 is 9.47 Å². The van der Waals surface area contributed by atoms with Crippen molar-refractivity contribution in [3.63, 3.8) is 0 Å². The Morgan fingerprint density at radius 1 is 0.636 bits per heavy atom. The lowest BCUT2D eigenvalue weighted by Crippen LogP contribution is -2.26. The minimum absolute atomic E-state index is 0.680. The fraction of sp³-hybridized carbons (Fsp3) is 0.571. The Kier molecular flexibility index (Phi) is 4.37. The van der Waals surface area contributed by atoms with E-state index >= 15 is 0 Å². The predicted molar refractivity (Wildman–Crippen MR) is 105 cm³/mol. The van der Waals surface area contributed by atoms with Crippen LogP contribution in [0.15, 0.2) is 27.1 Å². The van der Waals surface area contributed by atoms with Gasteiger partial charge in [-0.1, -0.05) is 36.4 Å². The largest absolute Gasteiger partial charge is 0.480 e. The SMILES string of the molecule is C1CCC2SC3=C(SC(=C4SC5=C(OCCO5)S4)S3)SC2C1. The van der Waals surface area contributed by atoms with Gasteiger partial charge in [-0.05, 0) is 36.4 Å². The zero-order valence-electron chi connectivity index (χ0n) is 11.7. The molecule has 0 amide bonds. The summed E-state index contributed by atoms with van der Waals surface area (Å²) in [5.41, 5.74) is 0. The molecule has 0 bridgehead atoms. The van der Waals surface area contributed by atoms with E-state index in [2.05, 4.69) is 23.5 Å². The molecule has 2 atom stereocenters. The van der Waals surface area contributed by atoms with Gasteiger partial charge in [0.25, 0.3) is 0 Å². The van der Waals surface area contributed by atoms with Crippen molar-refractivity contribution in [2.45, 2.75) is 36.2 Å². The van der Waals surface area contributed by atoms with Gasteiger partial charge in [-0.25, -0.2) is 0 Å². The van der Waals surface area contributed by atoms with E-state index in [4.69, 9.17) is 9.47 Å². The zero-order chi connectivity index (χ0) is 14.5. The van der Waals surface area contributed by atoms with Crippen molar-refractivity contribution in [2.24, 2.45) is 0 Å². The summed E-state index contributed by atoms with van der Waals surface area (Å²) in [6, 6.07) is 0. The normalized spacial score (nSPS) is 34.2. The van der Waals surface area contributed by atoms with Crippen LogP contribution in [0, 0.1) is 0 Å². The summed E-state index contributed by atoms with van der Waals surface area (Å²) in [5, 5.41) is 3.63. The monoisotopic (exact) mass is 406 g/mol. The molecule has 0 aromatic carbocycles. The van der Waals surface area contributed by atoms with Crippen molar-refractivity contribution in [3.05, 3.63) is 27.1 Å². The molecule has 0 aromatic heterocycles. The Morgan fingerprint density at radius 3 is 1.68 bits per heavy atom. The summed E-state index contributed by atoms with van der Waals surface area (Å²) in [4.78, 5) is 0. The standard InChI is InChI=1S/C14H14O2S6/c1-2-4-8-7(3-1)17-11-12(18-8)22-14(21-11)13-19-9-10(20-13)16-6-5-15-9/h7-8H,1-6H2. The second kappa shape index (κ2) is 6.33. The molecule has 5 aliphatic rings. The number of thioether (sulfide) groups is 6. The van der Waals surface area contributed by atoms with Gasteiger partial charge in [0.15, 0.2) is 0 Å². The maximum atomic E-state index is 5.71. The molecule has 0 spiro atoms. The first-order valence-corrected chi connectivity index (χ1v) is 12.4. The second-order valence-corrected chi connectivity index (χ2v) is 13.0. The highest BCUT2D eigenvalue weighted by atomic mass is 32.3. The zero-order valence-corrected chi connectivity index (χ0v) is 16.6. The fourth-order valence-corrected chi connectivity index (χ4v) is 12.4. The smallest absolute Gasteiger partial charge is 0.208 e. The first-order valence-electron chi connectivity index (χ1n) is 7.40. The third kappa shape index (κ3) is 2.75. The number of hydrogen-bond acceptors (Lipinski definition) is 8. The van der Waals surface area contributed by atoms with Crippen molar-refractivity contribution in [3.8, 4) is 0 Å². The van der Waals surface area contributed by atoms with Crippen LogP contribution in [0.3, 0.4) is 0 Å². The van der Waals surface area contributed by atoms with E-state index in [1.54, 1.807) is 32.0 Å². The van der Waals surface area contributed by atoms with E-state index in [1.807, 2.05) is 23.5 Å².